The zero-order valence-electron chi connectivity index (χ0n) is 11.1. The van der Waals surface area contributed by atoms with Crippen molar-refractivity contribution in [2.24, 2.45) is 4.99 Å². The van der Waals surface area contributed by atoms with Crippen LogP contribution in [0.2, 0.25) is 5.02 Å². The Morgan fingerprint density at radius 2 is 1.95 bits per heavy atom. The Bertz CT molecular complexity index is 669. The van der Waals surface area contributed by atoms with Crippen molar-refractivity contribution < 1.29 is 10.0 Å². The van der Waals surface area contributed by atoms with Crippen LogP contribution in [0.25, 0.3) is 0 Å². The summed E-state index contributed by atoms with van der Waals surface area (Å²) in [5, 5.41) is 21.0. The van der Waals surface area contributed by atoms with Gasteiger partial charge in [-0.15, -0.1) is 0 Å². The molecule has 0 saturated heterocycles. The second-order valence-corrected chi connectivity index (χ2v) is 4.85. The van der Waals surface area contributed by atoms with E-state index in [-0.39, 0.29) is 11.4 Å². The molecule has 0 aliphatic heterocycles. The van der Waals surface area contributed by atoms with Crippen molar-refractivity contribution in [2.75, 3.05) is 6.54 Å². The minimum atomic E-state index is -0.509. The van der Waals surface area contributed by atoms with Crippen LogP contribution in [0.5, 0.6) is 5.75 Å². The lowest BCUT2D eigenvalue weighted by Crippen LogP contribution is -1.93. The number of nitro benzene ring substituents is 1. The zero-order valence-corrected chi connectivity index (χ0v) is 11.8. The second-order valence-electron chi connectivity index (χ2n) is 4.41. The van der Waals surface area contributed by atoms with E-state index in [1.54, 1.807) is 0 Å². The van der Waals surface area contributed by atoms with Crippen LogP contribution in [-0.2, 0) is 6.42 Å². The topological polar surface area (TPSA) is 75.7 Å². The van der Waals surface area contributed by atoms with Gasteiger partial charge in [0.25, 0.3) is 5.69 Å². The maximum Gasteiger partial charge on any atom is 0.270 e. The zero-order chi connectivity index (χ0) is 15.2. The average Bonchev–Trinajstić information content (AvgIpc) is 2.47. The van der Waals surface area contributed by atoms with Crippen molar-refractivity contribution in [1.82, 2.24) is 0 Å². The fraction of sp³-hybridized carbons (Fsp3) is 0.133. The Hall–Kier alpha value is -2.40. The molecule has 2 rings (SSSR count). The van der Waals surface area contributed by atoms with E-state index in [1.807, 2.05) is 24.3 Å². The molecule has 21 heavy (non-hydrogen) atoms. The van der Waals surface area contributed by atoms with Gasteiger partial charge in [0.1, 0.15) is 5.75 Å². The molecule has 0 heterocycles. The van der Waals surface area contributed by atoms with Crippen LogP contribution in [-0.4, -0.2) is 22.8 Å². The number of phenolic OH excluding ortho intramolecular Hbond substituents is 1. The third-order valence-corrected chi connectivity index (χ3v) is 3.15. The predicted molar refractivity (Wildman–Crippen MR) is 82.4 cm³/mol. The molecule has 0 fully saturated rings. The largest absolute Gasteiger partial charge is 0.507 e. The number of nitrogens with zero attached hydrogens (tertiary/aromatic N) is 2. The van der Waals surface area contributed by atoms with Gasteiger partial charge in [-0.2, -0.15) is 0 Å². The van der Waals surface area contributed by atoms with Crippen molar-refractivity contribution in [3.63, 3.8) is 0 Å². The number of aliphatic imine (C=N–C) groups is 1. The molecular weight excluding hydrogens is 292 g/mol. The quantitative estimate of drug-likeness (QED) is 0.521. The van der Waals surface area contributed by atoms with E-state index < -0.39 is 4.92 Å². The molecule has 0 radical (unpaired) electrons. The van der Waals surface area contributed by atoms with Gasteiger partial charge in [0.15, 0.2) is 0 Å². The molecule has 2 aromatic rings. The highest BCUT2D eigenvalue weighted by atomic mass is 35.5. The SMILES string of the molecule is O=[N+]([O-])c1ccc(O)c(C=NCCc2ccc(Cl)cc2)c1. The van der Waals surface area contributed by atoms with Crippen molar-refractivity contribution in [3.8, 4) is 5.75 Å². The first-order valence-electron chi connectivity index (χ1n) is 6.28. The standard InChI is InChI=1S/C15H13ClN2O3/c16-13-3-1-11(2-4-13)7-8-17-10-12-9-14(18(20)21)5-6-15(12)19/h1-6,9-10,19H,7-8H2. The summed E-state index contributed by atoms with van der Waals surface area (Å²) in [4.78, 5) is 14.3. The van der Waals surface area contributed by atoms with Crippen molar-refractivity contribution >= 4 is 23.5 Å². The number of rotatable bonds is 5. The van der Waals surface area contributed by atoms with E-state index in [2.05, 4.69) is 4.99 Å². The molecular formula is C15H13ClN2O3. The maximum atomic E-state index is 10.7. The summed E-state index contributed by atoms with van der Waals surface area (Å²) in [6.45, 7) is 0.518. The molecule has 2 aromatic carbocycles. The van der Waals surface area contributed by atoms with Crippen LogP contribution in [0.3, 0.4) is 0 Å². The number of aromatic hydroxyl groups is 1. The molecule has 0 aliphatic rings. The van der Waals surface area contributed by atoms with Gasteiger partial charge in [-0.3, -0.25) is 15.1 Å². The van der Waals surface area contributed by atoms with Crippen molar-refractivity contribution in [1.29, 1.82) is 0 Å². The summed E-state index contributed by atoms with van der Waals surface area (Å²) in [7, 11) is 0. The van der Waals surface area contributed by atoms with Crippen LogP contribution in [0.4, 0.5) is 5.69 Å². The molecule has 0 amide bonds. The Labute approximate surface area is 126 Å². The highest BCUT2D eigenvalue weighted by Crippen LogP contribution is 2.21. The van der Waals surface area contributed by atoms with Crippen molar-refractivity contribution in [3.05, 3.63) is 68.7 Å². The molecule has 0 atom stereocenters. The van der Waals surface area contributed by atoms with Crippen LogP contribution in [0.15, 0.2) is 47.5 Å². The fourth-order valence-corrected chi connectivity index (χ4v) is 1.89. The average molecular weight is 305 g/mol. The fourth-order valence-electron chi connectivity index (χ4n) is 1.77. The number of nitro groups is 1. The lowest BCUT2D eigenvalue weighted by atomic mass is 10.1. The van der Waals surface area contributed by atoms with E-state index in [9.17, 15) is 15.2 Å². The van der Waals surface area contributed by atoms with Crippen LogP contribution in [0.1, 0.15) is 11.1 Å². The number of hydrogen-bond acceptors (Lipinski definition) is 4. The molecule has 0 unspecified atom stereocenters. The van der Waals surface area contributed by atoms with Gasteiger partial charge < -0.3 is 5.11 Å². The van der Waals surface area contributed by atoms with Crippen molar-refractivity contribution in [2.45, 2.75) is 6.42 Å². The highest BCUT2D eigenvalue weighted by molar-refractivity contribution is 6.30. The normalized spacial score (nSPS) is 10.9. The van der Waals surface area contributed by atoms with E-state index in [0.717, 1.165) is 12.0 Å². The number of non-ortho nitro benzene ring substituents is 1. The third kappa shape index (κ3) is 4.29. The number of halogens is 1. The monoisotopic (exact) mass is 304 g/mol. The van der Waals surface area contributed by atoms with Gasteiger partial charge in [0.05, 0.1) is 4.92 Å². The van der Waals surface area contributed by atoms with Crippen LogP contribution in [0, 0.1) is 10.1 Å². The lowest BCUT2D eigenvalue weighted by molar-refractivity contribution is -0.384. The Morgan fingerprint density at radius 1 is 1.24 bits per heavy atom. The van der Waals surface area contributed by atoms with E-state index >= 15 is 0 Å². The molecule has 0 saturated carbocycles. The van der Waals surface area contributed by atoms with Crippen LogP contribution >= 0.6 is 11.6 Å². The molecule has 0 aliphatic carbocycles. The smallest absolute Gasteiger partial charge is 0.270 e. The molecule has 0 spiro atoms. The van der Waals surface area contributed by atoms with Crippen LogP contribution < -0.4 is 0 Å². The third-order valence-electron chi connectivity index (χ3n) is 2.90. The molecule has 0 aromatic heterocycles. The minimum Gasteiger partial charge on any atom is -0.507 e. The second kappa shape index (κ2) is 6.85. The summed E-state index contributed by atoms with van der Waals surface area (Å²) in [5.41, 5.74) is 1.35. The first kappa shape index (κ1) is 15.0. The lowest BCUT2D eigenvalue weighted by Gasteiger charge is -2.00. The molecule has 6 heteroatoms. The van der Waals surface area contributed by atoms with E-state index in [4.69, 9.17) is 11.6 Å². The molecule has 0 bridgehead atoms. The summed E-state index contributed by atoms with van der Waals surface area (Å²) in [5.74, 6) is -0.0316. The predicted octanol–water partition coefficient (Wildman–Crippen LogP) is 3.62. The minimum absolute atomic E-state index is 0.0316. The van der Waals surface area contributed by atoms with E-state index in [1.165, 1.54) is 24.4 Å². The summed E-state index contributed by atoms with van der Waals surface area (Å²) < 4.78 is 0. The summed E-state index contributed by atoms with van der Waals surface area (Å²) >= 11 is 5.80. The number of phenols is 1. The molecule has 1 N–H and O–H groups in total. The Kier molecular flexibility index (Phi) is 4.90. The van der Waals surface area contributed by atoms with Gasteiger partial charge in [-0.25, -0.2) is 0 Å². The Morgan fingerprint density at radius 3 is 2.62 bits per heavy atom. The molecule has 108 valence electrons. The summed E-state index contributed by atoms with van der Waals surface area (Å²) in [6, 6.07) is 11.3. The highest BCUT2D eigenvalue weighted by Gasteiger charge is 2.08. The van der Waals surface area contributed by atoms with Gasteiger partial charge in [0.2, 0.25) is 0 Å². The maximum absolute atomic E-state index is 10.7. The van der Waals surface area contributed by atoms with Gasteiger partial charge in [-0.1, -0.05) is 23.7 Å². The number of benzene rings is 2. The Balaban J connectivity index is 1.99. The summed E-state index contributed by atoms with van der Waals surface area (Å²) in [6.07, 6.45) is 2.17. The number of hydrogen-bond donors (Lipinski definition) is 1. The molecule has 5 nitrogen and oxygen atoms in total. The van der Waals surface area contributed by atoms with E-state index in [0.29, 0.717) is 17.1 Å². The van der Waals surface area contributed by atoms with Gasteiger partial charge in [0, 0.05) is 35.5 Å². The first-order chi connectivity index (χ1) is 10.1. The first-order valence-corrected chi connectivity index (χ1v) is 6.66. The van der Waals surface area contributed by atoms with Gasteiger partial charge >= 0.3 is 0 Å². The van der Waals surface area contributed by atoms with Gasteiger partial charge in [-0.05, 0) is 30.2 Å².